The molecule has 0 saturated heterocycles. The topological polar surface area (TPSA) is 6.48 Å². The van der Waals surface area contributed by atoms with E-state index in [4.69, 9.17) is 0 Å². The second kappa shape index (κ2) is 42.1. The van der Waals surface area contributed by atoms with Gasteiger partial charge in [-0.15, -0.1) is 0 Å². The summed E-state index contributed by atoms with van der Waals surface area (Å²) in [5.41, 5.74) is 29.6. The number of para-hydroxylation sites is 2. The average molecular weight is 1480 g/mol. The van der Waals surface area contributed by atoms with E-state index < -0.39 is 0 Å². The molecule has 12 rings (SSSR count). The molecule has 9 aromatic rings. The lowest BCUT2D eigenvalue weighted by Crippen LogP contribution is -2.27. The van der Waals surface area contributed by atoms with E-state index >= 15 is 0 Å². The molecule has 590 valence electrons. The van der Waals surface area contributed by atoms with Gasteiger partial charge in [-0.2, -0.15) is 0 Å². The Morgan fingerprint density at radius 2 is 0.459 bits per heavy atom. The lowest BCUT2D eigenvalue weighted by atomic mass is 9.70. The third kappa shape index (κ3) is 19.5. The molecule has 0 spiro atoms. The molecule has 2 heteroatoms. The Bertz CT molecular complexity index is 4220. The number of rotatable bonds is 51. The van der Waals surface area contributed by atoms with Crippen molar-refractivity contribution in [3.05, 3.63) is 239 Å². The average Bonchev–Trinajstić information content (AvgIpc) is 1.57. The van der Waals surface area contributed by atoms with Crippen molar-refractivity contribution in [3.8, 4) is 44.5 Å². The van der Waals surface area contributed by atoms with Crippen LogP contribution in [-0.2, 0) is 16.2 Å². The van der Waals surface area contributed by atoms with Crippen molar-refractivity contribution >= 4 is 34.1 Å². The van der Waals surface area contributed by atoms with Crippen LogP contribution in [0.3, 0.4) is 0 Å². The van der Waals surface area contributed by atoms with Crippen LogP contribution in [0.5, 0.6) is 0 Å². The molecule has 0 aromatic heterocycles. The second-order valence-corrected chi connectivity index (χ2v) is 34.9. The smallest absolute Gasteiger partial charge is 0.0465 e. The van der Waals surface area contributed by atoms with Gasteiger partial charge in [0.05, 0.1) is 0 Å². The van der Waals surface area contributed by atoms with Gasteiger partial charge in [0.1, 0.15) is 0 Å². The fourth-order valence-corrected chi connectivity index (χ4v) is 20.6. The number of benzene rings is 9. The van der Waals surface area contributed by atoms with Crippen molar-refractivity contribution in [1.29, 1.82) is 0 Å². The fourth-order valence-electron chi connectivity index (χ4n) is 20.6. The summed E-state index contributed by atoms with van der Waals surface area (Å²) in [7, 11) is 0. The van der Waals surface area contributed by atoms with E-state index in [0.717, 1.165) is 19.3 Å². The van der Waals surface area contributed by atoms with Crippen LogP contribution in [0.1, 0.15) is 376 Å². The zero-order valence-corrected chi connectivity index (χ0v) is 70.9. The molecule has 9 aromatic carbocycles. The van der Waals surface area contributed by atoms with E-state index in [2.05, 4.69) is 265 Å². The van der Waals surface area contributed by atoms with Crippen LogP contribution >= 0.6 is 0 Å². The van der Waals surface area contributed by atoms with Gasteiger partial charge in [0, 0.05) is 50.4 Å². The van der Waals surface area contributed by atoms with Gasteiger partial charge < -0.3 is 9.80 Å². The molecule has 0 bridgehead atoms. The van der Waals surface area contributed by atoms with Gasteiger partial charge in [0.15, 0.2) is 0 Å². The summed E-state index contributed by atoms with van der Waals surface area (Å²) in [6, 6.07) is 81.0. The molecule has 0 fully saturated rings. The molecule has 0 amide bonds. The number of anilines is 6. The first-order valence-corrected chi connectivity index (χ1v) is 46.3. The summed E-state index contributed by atoms with van der Waals surface area (Å²) in [5, 5.41) is 0. The van der Waals surface area contributed by atoms with Gasteiger partial charge in [-0.1, -0.05) is 408 Å². The molecule has 0 radical (unpaired) electrons. The van der Waals surface area contributed by atoms with Crippen molar-refractivity contribution in [2.24, 2.45) is 0 Å². The zero-order chi connectivity index (χ0) is 77.1. The zero-order valence-electron chi connectivity index (χ0n) is 70.9. The summed E-state index contributed by atoms with van der Waals surface area (Å²) in [6.07, 6.45) is 55.1. The number of nitrogens with zero attached hydrogens (tertiary/aromatic N) is 2. The SMILES string of the molecule is CCCCCCCCC1(CCCCCCCC)c2cc(-c3ccccc3)ccc2-c2ccc(N(c3ccccc3)c3ccc4c(c3)C(CCCCCCCC)(CCCCCCCC)c3cc(N(c5ccccc5)c5ccc6c(c5)C(CCCCCCCC)(CCCCCCCC)c5cc(C(C)CC)ccc5-6)ccc3-4)cc21. The predicted molar refractivity (Wildman–Crippen MR) is 487 cm³/mol. The van der Waals surface area contributed by atoms with E-state index in [1.165, 1.54) is 341 Å². The lowest BCUT2D eigenvalue weighted by molar-refractivity contribution is 0.397. The molecule has 0 heterocycles. The molecule has 3 aliphatic carbocycles. The Hall–Kier alpha value is -7.42. The van der Waals surface area contributed by atoms with E-state index in [-0.39, 0.29) is 16.2 Å². The van der Waals surface area contributed by atoms with Crippen LogP contribution in [0.2, 0.25) is 0 Å². The molecule has 2 nitrogen and oxygen atoms in total. The quantitative estimate of drug-likeness (QED) is 0.0351. The maximum absolute atomic E-state index is 2.75. The summed E-state index contributed by atoms with van der Waals surface area (Å²) in [4.78, 5) is 5.37. The van der Waals surface area contributed by atoms with Crippen LogP contribution in [0.25, 0.3) is 44.5 Å². The summed E-state index contributed by atoms with van der Waals surface area (Å²) < 4.78 is 0. The van der Waals surface area contributed by atoms with Crippen molar-refractivity contribution in [1.82, 2.24) is 0 Å². The first-order valence-electron chi connectivity index (χ1n) is 46.3. The minimum absolute atomic E-state index is 0.0437. The summed E-state index contributed by atoms with van der Waals surface area (Å²) >= 11 is 0. The third-order valence-electron chi connectivity index (χ3n) is 27.1. The van der Waals surface area contributed by atoms with Crippen molar-refractivity contribution in [2.75, 3.05) is 9.80 Å². The maximum atomic E-state index is 2.75. The Labute approximate surface area is 676 Å². The first-order chi connectivity index (χ1) is 54.7. The highest BCUT2D eigenvalue weighted by Gasteiger charge is 2.47. The molecule has 0 aliphatic heterocycles. The highest BCUT2D eigenvalue weighted by atomic mass is 15.1. The highest BCUT2D eigenvalue weighted by molar-refractivity contribution is 5.92. The van der Waals surface area contributed by atoms with Gasteiger partial charge in [-0.05, 0) is 213 Å². The van der Waals surface area contributed by atoms with E-state index in [1.54, 1.807) is 33.4 Å². The van der Waals surface area contributed by atoms with Crippen LogP contribution in [0.15, 0.2) is 200 Å². The number of hydrogen-bond acceptors (Lipinski definition) is 2. The highest BCUT2D eigenvalue weighted by Crippen LogP contribution is 2.61. The van der Waals surface area contributed by atoms with Gasteiger partial charge in [-0.25, -0.2) is 0 Å². The molecule has 1 atom stereocenters. The van der Waals surface area contributed by atoms with Crippen molar-refractivity contribution in [3.63, 3.8) is 0 Å². The number of fused-ring (bicyclic) bond motifs is 9. The van der Waals surface area contributed by atoms with Gasteiger partial charge >= 0.3 is 0 Å². The van der Waals surface area contributed by atoms with Gasteiger partial charge in [0.25, 0.3) is 0 Å². The molecule has 0 N–H and O–H groups in total. The lowest BCUT2D eigenvalue weighted by Gasteiger charge is -2.36. The normalized spacial score (nSPS) is 14.1. The largest absolute Gasteiger partial charge is 0.310 e. The van der Waals surface area contributed by atoms with Gasteiger partial charge in [0.2, 0.25) is 0 Å². The van der Waals surface area contributed by atoms with Crippen molar-refractivity contribution < 1.29 is 0 Å². The second-order valence-electron chi connectivity index (χ2n) is 34.9. The first kappa shape index (κ1) is 83.0. The molecule has 3 aliphatic rings. The molecular weight excluding hydrogens is 1340 g/mol. The number of unbranched alkanes of at least 4 members (excludes halogenated alkanes) is 30. The Morgan fingerprint density at radius 3 is 0.748 bits per heavy atom. The molecule has 111 heavy (non-hydrogen) atoms. The van der Waals surface area contributed by atoms with Crippen LogP contribution in [0.4, 0.5) is 34.1 Å². The Kier molecular flexibility index (Phi) is 31.5. The van der Waals surface area contributed by atoms with E-state index in [0.29, 0.717) is 5.92 Å². The fraction of sp³-hybridized carbons (Fsp3) is 0.505. The molecule has 0 saturated carbocycles. The minimum Gasteiger partial charge on any atom is -0.310 e. The maximum Gasteiger partial charge on any atom is 0.0465 e. The standard InChI is InChI=1S/C109H144N2/c1-9-16-22-28-34-49-73-107(74-50-35-29-23-17-10-2)101-79-87(85(8)15-7)61-67-95(101)97-69-63-91(81-103(97)107)110(89-57-45-41-46-58-89)93-65-71-99-100-72-66-94(84-106(100)109(105(99)83-93,77-53-38-32-26-20-13-5)78-54-39-33-27-21-14-6)111(90-59-47-42-48-60-90)92-64-70-98-96-68-62-88(86-55-43-40-44-56-86)80-102(96)108(104(98)82-92,75-51-36-30-24-18-11-3)76-52-37-31-25-19-12-4/h40-48,55-72,79-85H,9-39,49-54,73-78H2,1-8H3. The summed E-state index contributed by atoms with van der Waals surface area (Å²) in [6.45, 7) is 19.0. The predicted octanol–water partition coefficient (Wildman–Crippen LogP) is 35.1. The van der Waals surface area contributed by atoms with E-state index in [9.17, 15) is 0 Å². The van der Waals surface area contributed by atoms with Crippen LogP contribution in [-0.4, -0.2) is 0 Å². The van der Waals surface area contributed by atoms with Crippen molar-refractivity contribution in [2.45, 2.75) is 354 Å². The summed E-state index contributed by atoms with van der Waals surface area (Å²) in [5.74, 6) is 0.525. The minimum atomic E-state index is -0.188. The molecule has 1 unspecified atom stereocenters. The van der Waals surface area contributed by atoms with Crippen LogP contribution < -0.4 is 9.80 Å². The van der Waals surface area contributed by atoms with Crippen LogP contribution in [0, 0.1) is 0 Å². The monoisotopic (exact) mass is 1480 g/mol. The third-order valence-corrected chi connectivity index (χ3v) is 27.1. The molecular formula is C109H144N2. The number of hydrogen-bond donors (Lipinski definition) is 0. The Morgan fingerprint density at radius 1 is 0.216 bits per heavy atom. The van der Waals surface area contributed by atoms with Gasteiger partial charge in [-0.3, -0.25) is 0 Å². The Balaban J connectivity index is 1.01. The van der Waals surface area contributed by atoms with E-state index in [1.807, 2.05) is 0 Å².